The lowest BCUT2D eigenvalue weighted by Crippen LogP contribution is -2.15. The van der Waals surface area contributed by atoms with Crippen LogP contribution in [-0.2, 0) is 6.42 Å². The van der Waals surface area contributed by atoms with Crippen LogP contribution in [0.5, 0.6) is 0 Å². The molecule has 4 heteroatoms. The van der Waals surface area contributed by atoms with Crippen molar-refractivity contribution in [3.8, 4) is 0 Å². The summed E-state index contributed by atoms with van der Waals surface area (Å²) >= 11 is 6.00. The predicted octanol–water partition coefficient (Wildman–Crippen LogP) is 3.12. The van der Waals surface area contributed by atoms with E-state index in [-0.39, 0.29) is 11.9 Å². The first-order valence-electron chi connectivity index (χ1n) is 5.27. The Balaban J connectivity index is 2.17. The summed E-state index contributed by atoms with van der Waals surface area (Å²) in [6, 6.07) is 9.54. The van der Waals surface area contributed by atoms with Crippen molar-refractivity contribution in [1.29, 1.82) is 0 Å². The highest BCUT2D eigenvalue weighted by Gasteiger charge is 2.12. The van der Waals surface area contributed by atoms with Crippen LogP contribution in [0.25, 0.3) is 0 Å². The molecule has 0 aliphatic carbocycles. The topological polar surface area (TPSA) is 38.9 Å². The highest BCUT2D eigenvalue weighted by Crippen LogP contribution is 2.21. The van der Waals surface area contributed by atoms with Gasteiger partial charge in [-0.05, 0) is 36.2 Å². The van der Waals surface area contributed by atoms with E-state index in [0.717, 1.165) is 5.56 Å². The quantitative estimate of drug-likeness (QED) is 0.909. The van der Waals surface area contributed by atoms with Crippen molar-refractivity contribution in [2.45, 2.75) is 12.5 Å². The van der Waals surface area contributed by atoms with Gasteiger partial charge in [0.05, 0.1) is 16.8 Å². The van der Waals surface area contributed by atoms with E-state index in [4.69, 9.17) is 17.3 Å². The zero-order valence-electron chi connectivity index (χ0n) is 9.11. The maximum Gasteiger partial charge on any atom is 0.123 e. The minimum absolute atomic E-state index is 0.262. The lowest BCUT2D eigenvalue weighted by Gasteiger charge is -2.12. The minimum Gasteiger partial charge on any atom is -0.322 e. The van der Waals surface area contributed by atoms with Crippen molar-refractivity contribution < 1.29 is 4.39 Å². The van der Waals surface area contributed by atoms with Crippen LogP contribution in [0.4, 0.5) is 4.39 Å². The maximum absolute atomic E-state index is 13.0. The predicted molar refractivity (Wildman–Crippen MR) is 66.3 cm³/mol. The van der Waals surface area contributed by atoms with Crippen LogP contribution in [0, 0.1) is 5.82 Å². The second kappa shape index (κ2) is 5.25. The number of hydrogen-bond donors (Lipinski definition) is 1. The Morgan fingerprint density at radius 1 is 1.29 bits per heavy atom. The smallest absolute Gasteiger partial charge is 0.123 e. The fourth-order valence-corrected chi connectivity index (χ4v) is 1.95. The third-order valence-electron chi connectivity index (χ3n) is 2.48. The van der Waals surface area contributed by atoms with E-state index >= 15 is 0 Å². The summed E-state index contributed by atoms with van der Waals surface area (Å²) in [5.41, 5.74) is 7.48. The average molecular weight is 251 g/mol. The number of halogens is 2. The summed E-state index contributed by atoms with van der Waals surface area (Å²) in [5.74, 6) is -0.262. The molecule has 1 heterocycles. The van der Waals surface area contributed by atoms with Crippen LogP contribution in [0.3, 0.4) is 0 Å². The van der Waals surface area contributed by atoms with Crippen molar-refractivity contribution >= 4 is 11.6 Å². The van der Waals surface area contributed by atoms with Gasteiger partial charge in [-0.15, -0.1) is 0 Å². The van der Waals surface area contributed by atoms with Crippen molar-refractivity contribution in [1.82, 2.24) is 4.98 Å². The molecular weight excluding hydrogens is 239 g/mol. The fourth-order valence-electron chi connectivity index (χ4n) is 1.69. The third-order valence-corrected chi connectivity index (χ3v) is 2.80. The highest BCUT2D eigenvalue weighted by molar-refractivity contribution is 6.31. The first kappa shape index (κ1) is 12.0. The largest absolute Gasteiger partial charge is 0.322 e. The first-order valence-corrected chi connectivity index (χ1v) is 5.65. The molecule has 0 spiro atoms. The molecule has 88 valence electrons. The van der Waals surface area contributed by atoms with Gasteiger partial charge in [-0.1, -0.05) is 23.7 Å². The van der Waals surface area contributed by atoms with E-state index in [0.29, 0.717) is 17.1 Å². The lowest BCUT2D eigenvalue weighted by atomic mass is 10.0. The van der Waals surface area contributed by atoms with Crippen LogP contribution in [0.2, 0.25) is 5.02 Å². The molecule has 17 heavy (non-hydrogen) atoms. The van der Waals surface area contributed by atoms with Crippen LogP contribution in [-0.4, -0.2) is 4.98 Å². The number of rotatable bonds is 3. The van der Waals surface area contributed by atoms with Gasteiger partial charge in [0.25, 0.3) is 0 Å². The molecule has 0 saturated heterocycles. The van der Waals surface area contributed by atoms with E-state index in [1.165, 1.54) is 12.1 Å². The van der Waals surface area contributed by atoms with Gasteiger partial charge in [-0.3, -0.25) is 4.98 Å². The van der Waals surface area contributed by atoms with Gasteiger partial charge in [-0.25, -0.2) is 4.39 Å². The molecule has 0 fully saturated rings. The number of benzene rings is 1. The molecule has 2 N–H and O–H groups in total. The Morgan fingerprint density at radius 2 is 2.12 bits per heavy atom. The van der Waals surface area contributed by atoms with Gasteiger partial charge in [0.1, 0.15) is 5.82 Å². The monoisotopic (exact) mass is 250 g/mol. The van der Waals surface area contributed by atoms with Crippen LogP contribution in [0.1, 0.15) is 17.3 Å². The zero-order valence-corrected chi connectivity index (χ0v) is 9.86. The summed E-state index contributed by atoms with van der Waals surface area (Å²) in [4.78, 5) is 4.15. The molecule has 0 amide bonds. The molecule has 0 aliphatic rings. The third kappa shape index (κ3) is 3.02. The van der Waals surface area contributed by atoms with E-state index in [1.807, 2.05) is 6.07 Å². The summed E-state index contributed by atoms with van der Waals surface area (Å²) in [6.07, 6.45) is 2.15. The average Bonchev–Trinajstić information content (AvgIpc) is 2.29. The Kier molecular flexibility index (Phi) is 3.71. The van der Waals surface area contributed by atoms with Gasteiger partial charge >= 0.3 is 0 Å². The lowest BCUT2D eigenvalue weighted by molar-refractivity contribution is 0.621. The molecule has 2 aromatic rings. The summed E-state index contributed by atoms with van der Waals surface area (Å²) in [7, 11) is 0. The molecule has 0 aliphatic heterocycles. The van der Waals surface area contributed by atoms with Crippen molar-refractivity contribution in [2.24, 2.45) is 5.73 Å². The Morgan fingerprint density at radius 3 is 2.82 bits per heavy atom. The van der Waals surface area contributed by atoms with E-state index in [2.05, 4.69) is 4.98 Å². The molecular formula is C13H12ClFN2. The van der Waals surface area contributed by atoms with Crippen molar-refractivity contribution in [2.75, 3.05) is 0 Å². The number of aromatic nitrogens is 1. The van der Waals surface area contributed by atoms with Gasteiger partial charge in [0.2, 0.25) is 0 Å². The fraction of sp³-hybridized carbons (Fsp3) is 0.154. The second-order valence-corrected chi connectivity index (χ2v) is 4.22. The molecule has 2 rings (SSSR count). The first-order chi connectivity index (χ1) is 8.16. The van der Waals surface area contributed by atoms with Crippen LogP contribution >= 0.6 is 11.6 Å². The molecule has 1 atom stereocenters. The molecule has 1 aromatic heterocycles. The Bertz CT molecular complexity index is 516. The number of nitrogens with zero attached hydrogens (tertiary/aromatic N) is 1. The van der Waals surface area contributed by atoms with Gasteiger partial charge < -0.3 is 5.73 Å². The molecule has 1 unspecified atom stereocenters. The Hall–Kier alpha value is -1.45. The van der Waals surface area contributed by atoms with Crippen molar-refractivity contribution in [3.63, 3.8) is 0 Å². The van der Waals surface area contributed by atoms with Crippen molar-refractivity contribution in [3.05, 3.63) is 64.7 Å². The molecule has 1 aromatic carbocycles. The SMILES string of the molecule is NC(Cc1cccc(F)c1)c1ncccc1Cl. The van der Waals surface area contributed by atoms with E-state index < -0.39 is 0 Å². The maximum atomic E-state index is 13.0. The summed E-state index contributed by atoms with van der Waals surface area (Å²) in [6.45, 7) is 0. The van der Waals surface area contributed by atoms with Crippen LogP contribution < -0.4 is 5.73 Å². The minimum atomic E-state index is -0.328. The normalized spacial score (nSPS) is 12.4. The molecule has 0 bridgehead atoms. The molecule has 0 radical (unpaired) electrons. The molecule has 0 saturated carbocycles. The highest BCUT2D eigenvalue weighted by atomic mass is 35.5. The number of hydrogen-bond acceptors (Lipinski definition) is 2. The van der Waals surface area contributed by atoms with Gasteiger partial charge in [-0.2, -0.15) is 0 Å². The summed E-state index contributed by atoms with van der Waals surface area (Å²) < 4.78 is 13.0. The zero-order chi connectivity index (χ0) is 12.3. The van der Waals surface area contributed by atoms with Gasteiger partial charge in [0, 0.05) is 6.20 Å². The van der Waals surface area contributed by atoms with E-state index in [9.17, 15) is 4.39 Å². The second-order valence-electron chi connectivity index (χ2n) is 3.81. The standard InChI is InChI=1S/C13H12ClFN2/c14-11-5-2-6-17-13(11)12(16)8-9-3-1-4-10(15)7-9/h1-7,12H,8,16H2. The molecule has 2 nitrogen and oxygen atoms in total. The van der Waals surface area contributed by atoms with Gasteiger partial charge in [0.15, 0.2) is 0 Å². The number of nitrogens with two attached hydrogens (primary N) is 1. The Labute approximate surface area is 104 Å². The number of pyridine rings is 1. The summed E-state index contributed by atoms with van der Waals surface area (Å²) in [5, 5.41) is 0.538. The van der Waals surface area contributed by atoms with E-state index in [1.54, 1.807) is 24.4 Å². The van der Waals surface area contributed by atoms with Crippen LogP contribution in [0.15, 0.2) is 42.6 Å².